The van der Waals surface area contributed by atoms with E-state index in [-0.39, 0.29) is 17.8 Å². The SMILES string of the molecule is CC(C)c1cc(-c2ccccc2)cc(C(C)C)c1-n1c(F)cc2c1-c1cccc[n+]1C2. The van der Waals surface area contributed by atoms with E-state index < -0.39 is 0 Å². The van der Waals surface area contributed by atoms with Crippen molar-refractivity contribution < 1.29 is 8.96 Å². The third-order valence-corrected chi connectivity index (χ3v) is 6.30. The van der Waals surface area contributed by atoms with Gasteiger partial charge in [-0.15, -0.1) is 0 Å². The molecule has 0 saturated heterocycles. The smallest absolute Gasteiger partial charge is 0.230 e. The van der Waals surface area contributed by atoms with Gasteiger partial charge in [0, 0.05) is 18.2 Å². The second-order valence-corrected chi connectivity index (χ2v) is 9.07. The summed E-state index contributed by atoms with van der Waals surface area (Å²) in [5.74, 6) is 0.340. The molecule has 0 fully saturated rings. The first-order chi connectivity index (χ1) is 15.0. The van der Waals surface area contributed by atoms with Gasteiger partial charge in [0.15, 0.2) is 18.7 Å². The van der Waals surface area contributed by atoms with Crippen molar-refractivity contribution >= 4 is 0 Å². The van der Waals surface area contributed by atoms with Gasteiger partial charge in [0.2, 0.25) is 5.69 Å². The fourth-order valence-corrected chi connectivity index (χ4v) is 4.77. The van der Waals surface area contributed by atoms with Gasteiger partial charge >= 0.3 is 0 Å². The van der Waals surface area contributed by atoms with Gasteiger partial charge in [0.05, 0.1) is 11.3 Å². The maximum Gasteiger partial charge on any atom is 0.230 e. The minimum absolute atomic E-state index is 0.184. The van der Waals surface area contributed by atoms with Crippen molar-refractivity contribution in [3.05, 3.63) is 95.6 Å². The monoisotopic (exact) mass is 411 g/mol. The molecule has 5 rings (SSSR count). The molecule has 2 nitrogen and oxygen atoms in total. The Morgan fingerprint density at radius 2 is 1.45 bits per heavy atom. The van der Waals surface area contributed by atoms with Crippen LogP contribution >= 0.6 is 0 Å². The lowest BCUT2D eigenvalue weighted by Crippen LogP contribution is -2.31. The van der Waals surface area contributed by atoms with Crippen molar-refractivity contribution in [1.82, 2.24) is 4.57 Å². The number of nitrogens with zero attached hydrogens (tertiary/aromatic N) is 2. The van der Waals surface area contributed by atoms with Gasteiger partial charge in [-0.05, 0) is 52.3 Å². The topological polar surface area (TPSA) is 8.81 Å². The molecule has 2 aromatic carbocycles. The van der Waals surface area contributed by atoms with Crippen molar-refractivity contribution in [2.45, 2.75) is 46.1 Å². The van der Waals surface area contributed by atoms with Gasteiger partial charge in [0.1, 0.15) is 5.69 Å². The molecular formula is C28H28FN2+. The maximum atomic E-state index is 15.5. The highest BCUT2D eigenvalue weighted by atomic mass is 19.1. The van der Waals surface area contributed by atoms with E-state index in [0.29, 0.717) is 6.54 Å². The van der Waals surface area contributed by atoms with E-state index in [1.54, 1.807) is 6.07 Å². The third kappa shape index (κ3) is 3.20. The van der Waals surface area contributed by atoms with Crippen LogP contribution in [0, 0.1) is 5.95 Å². The van der Waals surface area contributed by atoms with Crippen molar-refractivity contribution in [2.24, 2.45) is 0 Å². The Kier molecular flexibility index (Phi) is 4.77. The molecule has 31 heavy (non-hydrogen) atoms. The van der Waals surface area contributed by atoms with Gasteiger partial charge in [-0.25, -0.2) is 0 Å². The Hall–Kier alpha value is -3.20. The summed E-state index contributed by atoms with van der Waals surface area (Å²) < 4.78 is 19.6. The molecule has 0 saturated carbocycles. The highest BCUT2D eigenvalue weighted by molar-refractivity contribution is 5.72. The Morgan fingerprint density at radius 1 is 0.806 bits per heavy atom. The molecule has 0 bridgehead atoms. The van der Waals surface area contributed by atoms with Gasteiger partial charge < -0.3 is 0 Å². The summed E-state index contributed by atoms with van der Waals surface area (Å²) in [5, 5.41) is 0. The molecule has 0 atom stereocenters. The molecule has 3 heterocycles. The quantitative estimate of drug-likeness (QED) is 0.286. The molecule has 0 aliphatic carbocycles. The first kappa shape index (κ1) is 19.7. The lowest BCUT2D eigenvalue weighted by Gasteiger charge is -2.23. The van der Waals surface area contributed by atoms with Crippen LogP contribution in [0.5, 0.6) is 0 Å². The fraction of sp³-hybridized carbons (Fsp3) is 0.250. The molecule has 0 N–H and O–H groups in total. The van der Waals surface area contributed by atoms with Crippen LogP contribution in [0.25, 0.3) is 28.2 Å². The van der Waals surface area contributed by atoms with Gasteiger partial charge in [-0.1, -0.05) is 58.0 Å². The van der Waals surface area contributed by atoms with E-state index in [0.717, 1.165) is 22.6 Å². The predicted molar refractivity (Wildman–Crippen MR) is 124 cm³/mol. The predicted octanol–water partition coefficient (Wildman–Crippen LogP) is 6.85. The Bertz CT molecular complexity index is 1240. The van der Waals surface area contributed by atoms with Crippen LogP contribution in [0.2, 0.25) is 0 Å². The van der Waals surface area contributed by atoms with Crippen LogP contribution in [-0.2, 0) is 6.54 Å². The zero-order chi connectivity index (χ0) is 21.7. The summed E-state index contributed by atoms with van der Waals surface area (Å²) in [6.07, 6.45) is 2.07. The summed E-state index contributed by atoms with van der Waals surface area (Å²) in [7, 11) is 0. The summed E-state index contributed by atoms with van der Waals surface area (Å²) in [6, 6.07) is 22.8. The first-order valence-electron chi connectivity index (χ1n) is 11.1. The number of halogens is 1. The van der Waals surface area contributed by atoms with Crippen LogP contribution < -0.4 is 4.57 Å². The van der Waals surface area contributed by atoms with E-state index in [1.165, 1.54) is 22.3 Å². The molecule has 1 aliphatic rings. The second kappa shape index (κ2) is 7.49. The van der Waals surface area contributed by atoms with Crippen LogP contribution in [0.15, 0.2) is 72.9 Å². The summed E-state index contributed by atoms with van der Waals surface area (Å²) in [5.41, 5.74) is 8.83. The number of aromatic nitrogens is 2. The molecule has 1 aliphatic heterocycles. The molecular weight excluding hydrogens is 383 g/mol. The molecule has 0 amide bonds. The standard InChI is InChI=1S/C28H28FN2/c1-18(2)23-14-21(20-10-6-5-7-11-20)15-24(19(3)4)28(23)31-26(29)16-22-17-30-13-9-8-12-25(30)27(22)31/h5-16,18-19H,17H2,1-4H3/q+1. The normalized spacial score (nSPS) is 12.5. The highest BCUT2D eigenvalue weighted by Gasteiger charge is 2.34. The number of hydrogen-bond donors (Lipinski definition) is 0. The average Bonchev–Trinajstić information content (AvgIpc) is 3.27. The molecule has 2 aromatic heterocycles. The molecule has 0 spiro atoms. The lowest BCUT2D eigenvalue weighted by molar-refractivity contribution is -0.672. The van der Waals surface area contributed by atoms with Crippen molar-refractivity contribution in [3.63, 3.8) is 0 Å². The summed E-state index contributed by atoms with van der Waals surface area (Å²) in [4.78, 5) is 0. The van der Waals surface area contributed by atoms with Gasteiger partial charge in [-0.2, -0.15) is 8.96 Å². The lowest BCUT2D eigenvalue weighted by atomic mass is 9.88. The van der Waals surface area contributed by atoms with E-state index in [1.807, 2.05) is 22.8 Å². The van der Waals surface area contributed by atoms with E-state index in [2.05, 4.69) is 80.9 Å². The van der Waals surface area contributed by atoms with E-state index in [4.69, 9.17) is 0 Å². The van der Waals surface area contributed by atoms with Crippen LogP contribution in [0.4, 0.5) is 4.39 Å². The number of rotatable bonds is 4. The minimum Gasteiger partial charge on any atom is -0.280 e. The maximum absolute atomic E-state index is 15.5. The Labute approximate surface area is 183 Å². The molecule has 4 aromatic rings. The Morgan fingerprint density at radius 3 is 2.10 bits per heavy atom. The average molecular weight is 412 g/mol. The van der Waals surface area contributed by atoms with Crippen LogP contribution in [0.3, 0.4) is 0 Å². The third-order valence-electron chi connectivity index (χ3n) is 6.30. The van der Waals surface area contributed by atoms with Crippen LogP contribution in [0.1, 0.15) is 56.2 Å². The Balaban J connectivity index is 1.83. The number of hydrogen-bond acceptors (Lipinski definition) is 0. The summed E-state index contributed by atoms with van der Waals surface area (Å²) in [6.45, 7) is 9.50. The molecule has 0 unspecified atom stereocenters. The molecule has 3 heteroatoms. The zero-order valence-electron chi connectivity index (χ0n) is 18.6. The highest BCUT2D eigenvalue weighted by Crippen LogP contribution is 2.40. The van der Waals surface area contributed by atoms with Crippen molar-refractivity contribution in [1.29, 1.82) is 0 Å². The summed E-state index contributed by atoms with van der Waals surface area (Å²) >= 11 is 0. The van der Waals surface area contributed by atoms with Crippen LogP contribution in [-0.4, -0.2) is 4.57 Å². The van der Waals surface area contributed by atoms with E-state index >= 15 is 4.39 Å². The van der Waals surface area contributed by atoms with Crippen molar-refractivity contribution in [3.8, 4) is 28.2 Å². The van der Waals surface area contributed by atoms with Gasteiger partial charge in [0.25, 0.3) is 0 Å². The van der Waals surface area contributed by atoms with Crippen molar-refractivity contribution in [2.75, 3.05) is 0 Å². The first-order valence-corrected chi connectivity index (χ1v) is 11.1. The van der Waals surface area contributed by atoms with Gasteiger partial charge in [-0.3, -0.25) is 4.57 Å². The minimum atomic E-state index is -0.184. The largest absolute Gasteiger partial charge is 0.280 e. The molecule has 156 valence electrons. The number of pyridine rings is 1. The zero-order valence-corrected chi connectivity index (χ0v) is 18.6. The number of fused-ring (bicyclic) bond motifs is 3. The second-order valence-electron chi connectivity index (χ2n) is 9.07. The number of benzene rings is 2. The van der Waals surface area contributed by atoms with E-state index in [9.17, 15) is 0 Å². The molecule has 0 radical (unpaired) electrons. The fourth-order valence-electron chi connectivity index (χ4n) is 4.77.